The van der Waals surface area contributed by atoms with Gasteiger partial charge in [0.15, 0.2) is 0 Å². The summed E-state index contributed by atoms with van der Waals surface area (Å²) in [4.78, 5) is 1.38. The molecule has 0 spiro atoms. The summed E-state index contributed by atoms with van der Waals surface area (Å²) in [5, 5.41) is 3.05. The van der Waals surface area contributed by atoms with E-state index in [0.717, 1.165) is 26.2 Å². The van der Waals surface area contributed by atoms with E-state index in [1.807, 2.05) is 7.05 Å². The molecule has 0 atom stereocenters. The highest BCUT2D eigenvalue weighted by Crippen LogP contribution is 2.26. The number of likely N-dealkylation sites (N-methyl/N-ethyl adjacent to an activating group) is 1. The van der Waals surface area contributed by atoms with Crippen molar-refractivity contribution in [1.29, 1.82) is 0 Å². The largest absolute Gasteiger partial charge is 0.380 e. The van der Waals surface area contributed by atoms with Gasteiger partial charge in [-0.05, 0) is 48.0 Å². The summed E-state index contributed by atoms with van der Waals surface area (Å²) in [6, 6.07) is 2.18. The summed E-state index contributed by atoms with van der Waals surface area (Å²) in [6.45, 7) is 4.68. The van der Waals surface area contributed by atoms with Crippen LogP contribution in [0.25, 0.3) is 0 Å². The van der Waals surface area contributed by atoms with Crippen LogP contribution in [0, 0.1) is 6.92 Å². The van der Waals surface area contributed by atoms with E-state index in [-0.39, 0.29) is 0 Å². The fourth-order valence-corrected chi connectivity index (χ4v) is 2.98. The number of ether oxygens (including phenoxy) is 1. The number of hydrogen-bond donors (Lipinski definition) is 1. The zero-order valence-electron chi connectivity index (χ0n) is 8.60. The van der Waals surface area contributed by atoms with Crippen molar-refractivity contribution >= 4 is 27.3 Å². The Bertz CT molecular complexity index is 275. The molecule has 1 heterocycles. The summed E-state index contributed by atoms with van der Waals surface area (Å²) in [6.07, 6.45) is 1.01. The summed E-state index contributed by atoms with van der Waals surface area (Å²) in [7, 11) is 1.93. The van der Waals surface area contributed by atoms with Crippen molar-refractivity contribution < 1.29 is 4.74 Å². The van der Waals surface area contributed by atoms with Crippen LogP contribution < -0.4 is 5.32 Å². The van der Waals surface area contributed by atoms with E-state index in [1.165, 1.54) is 14.2 Å². The van der Waals surface area contributed by atoms with Gasteiger partial charge in [-0.3, -0.25) is 0 Å². The molecule has 0 radical (unpaired) electrons. The smallest absolute Gasteiger partial charge is 0.0704 e. The Morgan fingerprint density at radius 1 is 1.50 bits per heavy atom. The van der Waals surface area contributed by atoms with E-state index in [4.69, 9.17) is 4.74 Å². The average Bonchev–Trinajstić information content (AvgIpc) is 2.45. The van der Waals surface area contributed by atoms with E-state index in [2.05, 4.69) is 34.2 Å². The minimum Gasteiger partial charge on any atom is -0.380 e. The molecule has 4 heteroatoms. The number of rotatable bonds is 6. The van der Waals surface area contributed by atoms with Crippen LogP contribution in [0.15, 0.2) is 9.85 Å². The first-order valence-corrected chi connectivity index (χ1v) is 6.32. The molecule has 0 bridgehead atoms. The van der Waals surface area contributed by atoms with E-state index in [0.29, 0.717) is 0 Å². The Balaban J connectivity index is 2.21. The van der Waals surface area contributed by atoms with Crippen LogP contribution in [0.2, 0.25) is 0 Å². The number of thiophene rings is 1. The van der Waals surface area contributed by atoms with Gasteiger partial charge in [-0.1, -0.05) is 0 Å². The predicted octanol–water partition coefficient (Wildman–Crippen LogP) is 2.60. The highest BCUT2D eigenvalue weighted by Gasteiger charge is 2.02. The summed E-state index contributed by atoms with van der Waals surface area (Å²) in [5.74, 6) is 0. The lowest BCUT2D eigenvalue weighted by molar-refractivity contribution is 0.140. The first-order valence-electron chi connectivity index (χ1n) is 4.71. The van der Waals surface area contributed by atoms with Crippen molar-refractivity contribution in [3.63, 3.8) is 0 Å². The molecule has 0 aromatic carbocycles. The second kappa shape index (κ2) is 6.56. The maximum absolute atomic E-state index is 5.47. The van der Waals surface area contributed by atoms with Gasteiger partial charge in [0.1, 0.15) is 0 Å². The zero-order chi connectivity index (χ0) is 10.4. The normalized spacial score (nSPS) is 10.8. The number of nitrogens with one attached hydrogen (secondary N) is 1. The molecular formula is C10H16BrNOS. The molecule has 0 unspecified atom stereocenters. The van der Waals surface area contributed by atoms with Gasteiger partial charge in [-0.2, -0.15) is 0 Å². The van der Waals surface area contributed by atoms with Gasteiger partial charge in [-0.25, -0.2) is 0 Å². The zero-order valence-corrected chi connectivity index (χ0v) is 11.0. The molecule has 1 aromatic rings. The highest BCUT2D eigenvalue weighted by molar-refractivity contribution is 9.11. The molecule has 0 aliphatic rings. The number of aryl methyl sites for hydroxylation is 1. The van der Waals surface area contributed by atoms with E-state index in [1.54, 1.807) is 11.3 Å². The van der Waals surface area contributed by atoms with Crippen LogP contribution in [0.1, 0.15) is 10.4 Å². The molecular weight excluding hydrogens is 262 g/mol. The lowest BCUT2D eigenvalue weighted by atomic mass is 10.2. The van der Waals surface area contributed by atoms with Crippen LogP contribution in [0.3, 0.4) is 0 Å². The molecule has 2 nitrogen and oxygen atoms in total. The van der Waals surface area contributed by atoms with Crippen molar-refractivity contribution in [2.45, 2.75) is 13.3 Å². The number of hydrogen-bond acceptors (Lipinski definition) is 3. The van der Waals surface area contributed by atoms with E-state index in [9.17, 15) is 0 Å². The van der Waals surface area contributed by atoms with Crippen LogP contribution >= 0.6 is 27.3 Å². The maximum Gasteiger partial charge on any atom is 0.0704 e. The summed E-state index contributed by atoms with van der Waals surface area (Å²) in [5.41, 5.74) is 1.39. The molecule has 1 aromatic heterocycles. The van der Waals surface area contributed by atoms with Gasteiger partial charge in [-0.15, -0.1) is 11.3 Å². The number of halogens is 1. The lowest BCUT2D eigenvalue weighted by Gasteiger charge is -2.03. The average molecular weight is 278 g/mol. The molecule has 0 saturated carbocycles. The first kappa shape index (κ1) is 12.2. The Morgan fingerprint density at radius 3 is 2.86 bits per heavy atom. The Kier molecular flexibility index (Phi) is 5.70. The van der Waals surface area contributed by atoms with Crippen molar-refractivity contribution in [2.24, 2.45) is 0 Å². The van der Waals surface area contributed by atoms with Gasteiger partial charge in [0, 0.05) is 11.4 Å². The Hall–Kier alpha value is 0.1000. The SMILES string of the molecule is CNCCOCCc1cc(Br)sc1C. The van der Waals surface area contributed by atoms with Gasteiger partial charge in [0.2, 0.25) is 0 Å². The van der Waals surface area contributed by atoms with Crippen molar-refractivity contribution in [1.82, 2.24) is 5.32 Å². The van der Waals surface area contributed by atoms with Gasteiger partial charge < -0.3 is 10.1 Å². The second-order valence-electron chi connectivity index (χ2n) is 3.10. The Morgan fingerprint density at radius 2 is 2.29 bits per heavy atom. The molecule has 0 saturated heterocycles. The lowest BCUT2D eigenvalue weighted by Crippen LogP contribution is -2.15. The molecule has 0 fully saturated rings. The maximum atomic E-state index is 5.47. The standard InChI is InChI=1S/C10H16BrNOS/c1-8-9(7-10(11)14-8)3-5-13-6-4-12-2/h7,12H,3-6H2,1-2H3. The quantitative estimate of drug-likeness (QED) is 0.808. The van der Waals surface area contributed by atoms with Crippen LogP contribution in [0.4, 0.5) is 0 Å². The van der Waals surface area contributed by atoms with Crippen molar-refractivity contribution in [3.8, 4) is 0 Å². The van der Waals surface area contributed by atoms with Gasteiger partial charge in [0.05, 0.1) is 17.0 Å². The third kappa shape index (κ3) is 4.09. The monoisotopic (exact) mass is 277 g/mol. The van der Waals surface area contributed by atoms with Crippen molar-refractivity contribution in [3.05, 3.63) is 20.3 Å². The second-order valence-corrected chi connectivity index (χ2v) is 5.73. The molecule has 14 heavy (non-hydrogen) atoms. The van der Waals surface area contributed by atoms with E-state index < -0.39 is 0 Å². The van der Waals surface area contributed by atoms with Crippen LogP contribution in [0.5, 0.6) is 0 Å². The van der Waals surface area contributed by atoms with E-state index >= 15 is 0 Å². The fraction of sp³-hybridized carbons (Fsp3) is 0.600. The van der Waals surface area contributed by atoms with Crippen molar-refractivity contribution in [2.75, 3.05) is 26.8 Å². The van der Waals surface area contributed by atoms with Gasteiger partial charge >= 0.3 is 0 Å². The molecule has 0 aliphatic heterocycles. The summed E-state index contributed by atoms with van der Waals surface area (Å²) < 4.78 is 6.68. The molecule has 1 rings (SSSR count). The molecule has 80 valence electrons. The molecule has 1 N–H and O–H groups in total. The van der Waals surface area contributed by atoms with Gasteiger partial charge in [0.25, 0.3) is 0 Å². The molecule has 0 amide bonds. The summed E-state index contributed by atoms with van der Waals surface area (Å²) >= 11 is 5.27. The minimum atomic E-state index is 0.793. The minimum absolute atomic E-state index is 0.793. The van der Waals surface area contributed by atoms with Crippen LogP contribution in [-0.4, -0.2) is 26.8 Å². The Labute approximate surface area is 97.8 Å². The fourth-order valence-electron chi connectivity index (χ4n) is 1.19. The first-order chi connectivity index (χ1) is 6.74. The highest BCUT2D eigenvalue weighted by atomic mass is 79.9. The topological polar surface area (TPSA) is 21.3 Å². The third-order valence-corrected chi connectivity index (χ3v) is 3.60. The predicted molar refractivity (Wildman–Crippen MR) is 65.2 cm³/mol. The van der Waals surface area contributed by atoms with Crippen LogP contribution in [-0.2, 0) is 11.2 Å². The third-order valence-electron chi connectivity index (χ3n) is 2.00. The molecule has 0 aliphatic carbocycles.